The van der Waals surface area contributed by atoms with Crippen molar-refractivity contribution in [2.75, 3.05) is 0 Å². The third-order valence-electron chi connectivity index (χ3n) is 5.62. The molecule has 1 spiro atoms. The summed E-state index contributed by atoms with van der Waals surface area (Å²) in [6, 6.07) is 14.6. The molecule has 1 aliphatic heterocycles. The number of fused-ring (bicyclic) bond motifs is 1. The van der Waals surface area contributed by atoms with Gasteiger partial charge in [-0.25, -0.2) is 0 Å². The molecule has 0 saturated heterocycles. The smallest absolute Gasteiger partial charge is 0.318 e. The fraction of sp³-hybridized carbons (Fsp3) is 0.333. The van der Waals surface area contributed by atoms with E-state index in [9.17, 15) is 9.59 Å². The molecule has 0 aromatic heterocycles. The monoisotopic (exact) mass is 354 g/mol. The standard InChI is InChI=1S/C21H19ClO3/c22-15-9-7-14(8-10-15)18(23)13-17-16-5-1-2-6-19(16)25-20(24)21(17)11-3-4-12-21/h1-2,5-10,17H,3-4,11-13H2. The van der Waals surface area contributed by atoms with Gasteiger partial charge in [-0.3, -0.25) is 9.59 Å². The molecule has 0 N–H and O–H groups in total. The van der Waals surface area contributed by atoms with Gasteiger partial charge < -0.3 is 4.74 Å². The number of ether oxygens (including phenoxy) is 1. The van der Waals surface area contributed by atoms with Crippen molar-refractivity contribution in [3.8, 4) is 5.75 Å². The largest absolute Gasteiger partial charge is 0.426 e. The van der Waals surface area contributed by atoms with Crippen molar-refractivity contribution >= 4 is 23.4 Å². The van der Waals surface area contributed by atoms with E-state index in [-0.39, 0.29) is 17.7 Å². The van der Waals surface area contributed by atoms with E-state index in [1.807, 2.05) is 24.3 Å². The Labute approximate surface area is 152 Å². The van der Waals surface area contributed by atoms with Crippen LogP contribution < -0.4 is 4.74 Å². The third kappa shape index (κ3) is 2.77. The van der Waals surface area contributed by atoms with Crippen LogP contribution in [0.5, 0.6) is 5.75 Å². The normalized spacial score (nSPS) is 21.0. The second kappa shape index (κ2) is 6.30. The fourth-order valence-electron chi connectivity index (χ4n) is 4.31. The summed E-state index contributed by atoms with van der Waals surface area (Å²) in [5.41, 5.74) is 1.05. The lowest BCUT2D eigenvalue weighted by molar-refractivity contribution is -0.149. The summed E-state index contributed by atoms with van der Waals surface area (Å²) >= 11 is 5.92. The van der Waals surface area contributed by atoms with Gasteiger partial charge in [-0.15, -0.1) is 0 Å². The molecule has 2 aliphatic rings. The van der Waals surface area contributed by atoms with Crippen molar-refractivity contribution in [1.82, 2.24) is 0 Å². The van der Waals surface area contributed by atoms with Crippen LogP contribution in [0.4, 0.5) is 0 Å². The van der Waals surface area contributed by atoms with Gasteiger partial charge in [0.05, 0.1) is 5.41 Å². The molecule has 1 atom stereocenters. The summed E-state index contributed by atoms with van der Waals surface area (Å²) < 4.78 is 5.64. The molecule has 1 aliphatic carbocycles. The molecule has 1 saturated carbocycles. The zero-order chi connectivity index (χ0) is 17.4. The maximum absolute atomic E-state index is 12.9. The summed E-state index contributed by atoms with van der Waals surface area (Å²) in [5.74, 6) is 0.338. The van der Waals surface area contributed by atoms with E-state index in [0.29, 0.717) is 22.8 Å². The molecule has 0 amide bonds. The summed E-state index contributed by atoms with van der Waals surface area (Å²) in [7, 11) is 0. The van der Waals surface area contributed by atoms with Crippen LogP contribution in [0.1, 0.15) is 53.9 Å². The maximum Gasteiger partial charge on any atom is 0.318 e. The van der Waals surface area contributed by atoms with Crippen LogP contribution in [-0.2, 0) is 4.79 Å². The quantitative estimate of drug-likeness (QED) is 0.433. The first-order valence-electron chi connectivity index (χ1n) is 8.70. The zero-order valence-corrected chi connectivity index (χ0v) is 14.6. The second-order valence-electron chi connectivity index (χ2n) is 6.98. The number of Topliss-reactive ketones (excluding diaryl/α,β-unsaturated/α-hetero) is 1. The number of carbonyl (C=O) groups excluding carboxylic acids is 2. The lowest BCUT2D eigenvalue weighted by Crippen LogP contribution is -2.42. The van der Waals surface area contributed by atoms with Crippen LogP contribution in [0.3, 0.4) is 0 Å². The van der Waals surface area contributed by atoms with Crippen LogP contribution in [0, 0.1) is 5.41 Å². The third-order valence-corrected chi connectivity index (χ3v) is 5.87. The van der Waals surface area contributed by atoms with Gasteiger partial charge in [0.1, 0.15) is 5.75 Å². The lowest BCUT2D eigenvalue weighted by atomic mass is 9.67. The SMILES string of the molecule is O=C(CC1c2ccccc2OC(=O)C12CCCC2)c1ccc(Cl)cc1. The molecule has 128 valence electrons. The molecular weight excluding hydrogens is 336 g/mol. The van der Waals surface area contributed by atoms with Gasteiger partial charge >= 0.3 is 5.97 Å². The van der Waals surface area contributed by atoms with Gasteiger partial charge in [-0.05, 0) is 48.7 Å². The minimum atomic E-state index is -0.559. The topological polar surface area (TPSA) is 43.4 Å². The van der Waals surface area contributed by atoms with Crippen LogP contribution in [0.25, 0.3) is 0 Å². The Hall–Kier alpha value is -2.13. The molecule has 3 nitrogen and oxygen atoms in total. The Morgan fingerprint density at radius 1 is 1.08 bits per heavy atom. The summed E-state index contributed by atoms with van der Waals surface area (Å²) in [4.78, 5) is 25.7. The van der Waals surface area contributed by atoms with Crippen molar-refractivity contribution in [1.29, 1.82) is 0 Å². The number of para-hydroxylation sites is 1. The number of esters is 1. The number of hydrogen-bond acceptors (Lipinski definition) is 3. The Morgan fingerprint density at radius 2 is 1.76 bits per heavy atom. The van der Waals surface area contributed by atoms with Gasteiger partial charge in [-0.1, -0.05) is 42.6 Å². The highest BCUT2D eigenvalue weighted by atomic mass is 35.5. The first-order valence-corrected chi connectivity index (χ1v) is 9.08. The van der Waals surface area contributed by atoms with E-state index < -0.39 is 5.41 Å². The van der Waals surface area contributed by atoms with Crippen molar-refractivity contribution in [3.05, 3.63) is 64.7 Å². The lowest BCUT2D eigenvalue weighted by Gasteiger charge is -2.40. The van der Waals surface area contributed by atoms with E-state index in [1.165, 1.54) is 0 Å². The second-order valence-corrected chi connectivity index (χ2v) is 7.41. The average Bonchev–Trinajstić information content (AvgIpc) is 3.10. The Kier molecular flexibility index (Phi) is 4.12. The van der Waals surface area contributed by atoms with Crippen molar-refractivity contribution in [2.45, 2.75) is 38.0 Å². The highest BCUT2D eigenvalue weighted by Crippen LogP contribution is 2.55. The molecule has 2 aromatic carbocycles. The van der Waals surface area contributed by atoms with E-state index in [0.717, 1.165) is 31.2 Å². The molecule has 0 radical (unpaired) electrons. The maximum atomic E-state index is 12.9. The van der Waals surface area contributed by atoms with Crippen molar-refractivity contribution in [2.24, 2.45) is 5.41 Å². The summed E-state index contributed by atoms with van der Waals surface area (Å²) in [6.07, 6.45) is 3.90. The number of benzene rings is 2. The van der Waals surface area contributed by atoms with Gasteiger partial charge in [0.15, 0.2) is 5.78 Å². The molecule has 25 heavy (non-hydrogen) atoms. The first-order chi connectivity index (χ1) is 12.1. The minimum absolute atomic E-state index is 0.0393. The van der Waals surface area contributed by atoms with E-state index >= 15 is 0 Å². The predicted molar refractivity (Wildman–Crippen MR) is 96.1 cm³/mol. The highest BCUT2D eigenvalue weighted by Gasteiger charge is 2.53. The number of carbonyl (C=O) groups is 2. The highest BCUT2D eigenvalue weighted by molar-refractivity contribution is 6.30. The Morgan fingerprint density at radius 3 is 2.48 bits per heavy atom. The average molecular weight is 355 g/mol. The van der Waals surface area contributed by atoms with E-state index in [2.05, 4.69) is 0 Å². The van der Waals surface area contributed by atoms with Crippen LogP contribution >= 0.6 is 11.6 Å². The molecular formula is C21H19ClO3. The molecule has 1 fully saturated rings. The minimum Gasteiger partial charge on any atom is -0.426 e. The zero-order valence-electron chi connectivity index (χ0n) is 13.8. The van der Waals surface area contributed by atoms with Crippen LogP contribution in [0.2, 0.25) is 5.02 Å². The molecule has 1 unspecified atom stereocenters. The predicted octanol–water partition coefficient (Wildman–Crippen LogP) is 5.18. The molecule has 4 heteroatoms. The van der Waals surface area contributed by atoms with E-state index in [4.69, 9.17) is 16.3 Å². The Bertz CT molecular complexity index is 819. The van der Waals surface area contributed by atoms with Crippen LogP contribution in [0.15, 0.2) is 48.5 Å². The summed E-state index contributed by atoms with van der Waals surface area (Å²) in [6.45, 7) is 0. The number of hydrogen-bond donors (Lipinski definition) is 0. The number of ketones is 1. The molecule has 1 heterocycles. The molecule has 2 aromatic rings. The van der Waals surface area contributed by atoms with Gasteiger partial charge in [0.2, 0.25) is 0 Å². The van der Waals surface area contributed by atoms with Gasteiger partial charge in [-0.2, -0.15) is 0 Å². The van der Waals surface area contributed by atoms with Gasteiger partial charge in [0.25, 0.3) is 0 Å². The first kappa shape index (κ1) is 16.3. The summed E-state index contributed by atoms with van der Waals surface area (Å²) in [5, 5.41) is 0.607. The van der Waals surface area contributed by atoms with E-state index in [1.54, 1.807) is 24.3 Å². The van der Waals surface area contributed by atoms with Crippen LogP contribution in [-0.4, -0.2) is 11.8 Å². The van der Waals surface area contributed by atoms with Crippen molar-refractivity contribution < 1.29 is 14.3 Å². The number of halogens is 1. The Balaban J connectivity index is 1.72. The fourth-order valence-corrected chi connectivity index (χ4v) is 4.43. The molecule has 0 bridgehead atoms. The van der Waals surface area contributed by atoms with Gasteiger partial charge in [0, 0.05) is 22.9 Å². The number of rotatable bonds is 3. The molecule has 4 rings (SSSR count). The van der Waals surface area contributed by atoms with Crippen molar-refractivity contribution in [3.63, 3.8) is 0 Å².